The average molecular weight is 274 g/mol. The highest BCUT2D eigenvalue weighted by molar-refractivity contribution is 5.89. The van der Waals surface area contributed by atoms with Crippen molar-refractivity contribution < 1.29 is 23.8 Å². The van der Waals surface area contributed by atoms with E-state index in [1.54, 1.807) is 30.3 Å². The molecule has 1 heterocycles. The minimum atomic E-state index is -0.370. The number of carbonyl (C=O) groups excluding carboxylic acids is 2. The zero-order chi connectivity index (χ0) is 14.1. The zero-order valence-electron chi connectivity index (χ0n) is 10.9. The molecular formula is C15H14O5. The first-order valence-electron chi connectivity index (χ1n) is 6.45. The summed E-state index contributed by atoms with van der Waals surface area (Å²) < 4.78 is 15.9. The number of fused-ring (bicyclic) bond motifs is 1. The summed E-state index contributed by atoms with van der Waals surface area (Å²) in [7, 11) is 0. The van der Waals surface area contributed by atoms with E-state index in [4.69, 9.17) is 14.2 Å². The van der Waals surface area contributed by atoms with Crippen LogP contribution in [0.5, 0.6) is 0 Å². The first kappa shape index (κ1) is 12.9. The van der Waals surface area contributed by atoms with E-state index in [1.807, 2.05) is 6.07 Å². The van der Waals surface area contributed by atoms with Crippen LogP contribution in [0, 0.1) is 0 Å². The quantitative estimate of drug-likeness (QED) is 0.621. The van der Waals surface area contributed by atoms with Crippen LogP contribution in [0.1, 0.15) is 23.7 Å². The van der Waals surface area contributed by atoms with Gasteiger partial charge in [-0.05, 0) is 18.2 Å². The van der Waals surface area contributed by atoms with Crippen molar-refractivity contribution in [3.05, 3.63) is 47.7 Å². The second kappa shape index (κ2) is 5.09. The Morgan fingerprint density at radius 2 is 2.00 bits per heavy atom. The zero-order valence-corrected chi connectivity index (χ0v) is 10.9. The molecule has 0 bridgehead atoms. The van der Waals surface area contributed by atoms with Crippen LogP contribution < -0.4 is 0 Å². The van der Waals surface area contributed by atoms with Crippen LogP contribution in [0.25, 0.3) is 0 Å². The first-order chi connectivity index (χ1) is 9.65. The van der Waals surface area contributed by atoms with Gasteiger partial charge in [0.25, 0.3) is 0 Å². The molecule has 104 valence electrons. The maximum Gasteiger partial charge on any atom is 0.338 e. The molecule has 0 unspecified atom stereocenters. The number of hydrogen-bond acceptors (Lipinski definition) is 5. The van der Waals surface area contributed by atoms with E-state index in [9.17, 15) is 9.59 Å². The molecule has 1 aromatic carbocycles. The Hall–Kier alpha value is -2.14. The maximum atomic E-state index is 12.0. The van der Waals surface area contributed by atoms with Gasteiger partial charge in [0, 0.05) is 13.3 Å². The molecule has 0 aromatic heterocycles. The Labute approximate surface area is 116 Å². The second-order valence-electron chi connectivity index (χ2n) is 4.77. The smallest absolute Gasteiger partial charge is 0.338 e. The molecule has 0 spiro atoms. The number of hydrogen-bond donors (Lipinski definition) is 0. The van der Waals surface area contributed by atoms with Crippen LogP contribution in [0.15, 0.2) is 42.2 Å². The predicted molar refractivity (Wildman–Crippen MR) is 68.8 cm³/mol. The predicted octanol–water partition coefficient (Wildman–Crippen LogP) is 1.83. The molecule has 1 fully saturated rings. The lowest BCUT2D eigenvalue weighted by molar-refractivity contribution is -0.137. The lowest BCUT2D eigenvalue weighted by Crippen LogP contribution is -2.28. The molecule has 20 heavy (non-hydrogen) atoms. The first-order valence-corrected chi connectivity index (χ1v) is 6.45. The fraction of sp³-hybridized carbons (Fsp3) is 0.333. The van der Waals surface area contributed by atoms with E-state index in [0.717, 1.165) is 0 Å². The molecule has 5 heteroatoms. The van der Waals surface area contributed by atoms with Gasteiger partial charge in [-0.25, -0.2) is 4.79 Å². The fourth-order valence-electron chi connectivity index (χ4n) is 2.28. The maximum absolute atomic E-state index is 12.0. The van der Waals surface area contributed by atoms with Gasteiger partial charge in [0.2, 0.25) is 0 Å². The van der Waals surface area contributed by atoms with Crippen molar-refractivity contribution in [2.75, 3.05) is 0 Å². The molecule has 1 aliphatic heterocycles. The van der Waals surface area contributed by atoms with E-state index in [0.29, 0.717) is 17.7 Å². The number of epoxide rings is 1. The summed E-state index contributed by atoms with van der Waals surface area (Å²) in [5.41, 5.74) is 0.513. The third-order valence-corrected chi connectivity index (χ3v) is 3.25. The molecule has 5 nitrogen and oxygen atoms in total. The van der Waals surface area contributed by atoms with Crippen LogP contribution >= 0.6 is 0 Å². The fourth-order valence-corrected chi connectivity index (χ4v) is 2.28. The van der Waals surface area contributed by atoms with Gasteiger partial charge in [0.1, 0.15) is 24.1 Å². The summed E-state index contributed by atoms with van der Waals surface area (Å²) in [6, 6.07) is 8.82. The molecular weight excluding hydrogens is 260 g/mol. The molecule has 0 radical (unpaired) electrons. The molecule has 0 amide bonds. The van der Waals surface area contributed by atoms with Crippen LogP contribution in [0.2, 0.25) is 0 Å². The Balaban J connectivity index is 1.63. The topological polar surface area (TPSA) is 65.1 Å². The minimum Gasteiger partial charge on any atom is -0.456 e. The molecule has 1 saturated heterocycles. The summed E-state index contributed by atoms with van der Waals surface area (Å²) in [4.78, 5) is 22.9. The van der Waals surface area contributed by atoms with Gasteiger partial charge in [-0.2, -0.15) is 0 Å². The Bertz CT molecular complexity index is 563. The van der Waals surface area contributed by atoms with Crippen LogP contribution in [-0.4, -0.2) is 30.3 Å². The SMILES string of the molecule is CC(=O)OC1=CC[C@@H](OC(=O)c2ccccc2)[C@@H]2O[C@H]12. The minimum absolute atomic E-state index is 0.206. The largest absolute Gasteiger partial charge is 0.456 e. The van der Waals surface area contributed by atoms with Gasteiger partial charge in [0.05, 0.1) is 5.56 Å². The number of carbonyl (C=O) groups is 2. The number of rotatable bonds is 3. The van der Waals surface area contributed by atoms with Crippen molar-refractivity contribution in [3.63, 3.8) is 0 Å². The van der Waals surface area contributed by atoms with E-state index >= 15 is 0 Å². The van der Waals surface area contributed by atoms with Crippen molar-refractivity contribution in [2.24, 2.45) is 0 Å². The van der Waals surface area contributed by atoms with E-state index < -0.39 is 0 Å². The molecule has 0 saturated carbocycles. The highest BCUT2D eigenvalue weighted by Gasteiger charge is 2.52. The summed E-state index contributed by atoms with van der Waals surface area (Å²) in [5.74, 6) is -0.214. The van der Waals surface area contributed by atoms with Crippen molar-refractivity contribution in [1.29, 1.82) is 0 Å². The summed E-state index contributed by atoms with van der Waals surface area (Å²) >= 11 is 0. The number of esters is 2. The Kier molecular flexibility index (Phi) is 3.28. The molecule has 1 aromatic rings. The third kappa shape index (κ3) is 2.58. The van der Waals surface area contributed by atoms with Gasteiger partial charge < -0.3 is 14.2 Å². The highest BCUT2D eigenvalue weighted by Crippen LogP contribution is 2.39. The number of benzene rings is 1. The Morgan fingerprint density at radius 1 is 1.25 bits per heavy atom. The molecule has 2 aliphatic rings. The number of ether oxygens (including phenoxy) is 3. The molecule has 1 aliphatic carbocycles. The second-order valence-corrected chi connectivity index (χ2v) is 4.77. The summed E-state index contributed by atoms with van der Waals surface area (Å²) in [6.45, 7) is 1.35. The van der Waals surface area contributed by atoms with Gasteiger partial charge in [-0.3, -0.25) is 4.79 Å². The lowest BCUT2D eigenvalue weighted by Gasteiger charge is -2.18. The van der Waals surface area contributed by atoms with Crippen LogP contribution in [-0.2, 0) is 19.0 Å². The van der Waals surface area contributed by atoms with Crippen molar-refractivity contribution in [2.45, 2.75) is 31.7 Å². The average Bonchev–Trinajstić information content (AvgIpc) is 3.23. The van der Waals surface area contributed by atoms with Crippen LogP contribution in [0.4, 0.5) is 0 Å². The van der Waals surface area contributed by atoms with Gasteiger partial charge in [-0.15, -0.1) is 0 Å². The Morgan fingerprint density at radius 3 is 2.70 bits per heavy atom. The molecule has 3 rings (SSSR count). The summed E-state index contributed by atoms with van der Waals surface area (Å²) in [6.07, 6.45) is 1.44. The summed E-state index contributed by atoms with van der Waals surface area (Å²) in [5, 5.41) is 0. The van der Waals surface area contributed by atoms with Gasteiger partial charge in [-0.1, -0.05) is 18.2 Å². The third-order valence-electron chi connectivity index (χ3n) is 3.25. The highest BCUT2D eigenvalue weighted by atomic mass is 16.7. The molecule has 3 atom stereocenters. The molecule has 0 N–H and O–H groups in total. The van der Waals surface area contributed by atoms with E-state index in [1.165, 1.54) is 6.92 Å². The van der Waals surface area contributed by atoms with Crippen molar-refractivity contribution in [1.82, 2.24) is 0 Å². The normalized spacial score (nSPS) is 27.1. The van der Waals surface area contributed by atoms with Crippen molar-refractivity contribution >= 4 is 11.9 Å². The van der Waals surface area contributed by atoms with Gasteiger partial charge in [0.15, 0.2) is 0 Å². The van der Waals surface area contributed by atoms with Crippen molar-refractivity contribution in [3.8, 4) is 0 Å². The standard InChI is InChI=1S/C15H14O5/c1-9(16)18-11-7-8-12(14-13(11)20-14)19-15(17)10-5-3-2-4-6-10/h2-7,12-14H,8H2,1H3/t12-,13-,14+/m1/s1. The monoisotopic (exact) mass is 274 g/mol. The van der Waals surface area contributed by atoms with Crippen LogP contribution in [0.3, 0.4) is 0 Å². The lowest BCUT2D eigenvalue weighted by atomic mass is 10.0. The van der Waals surface area contributed by atoms with Gasteiger partial charge >= 0.3 is 11.9 Å². The van der Waals surface area contributed by atoms with E-state index in [-0.39, 0.29) is 30.3 Å². The van der Waals surface area contributed by atoms with E-state index in [2.05, 4.69) is 0 Å².